The van der Waals surface area contributed by atoms with Crippen LogP contribution < -0.4 is 5.32 Å². The van der Waals surface area contributed by atoms with Crippen molar-refractivity contribution in [3.8, 4) is 0 Å². The summed E-state index contributed by atoms with van der Waals surface area (Å²) in [6.45, 7) is 4.76. The highest BCUT2D eigenvalue weighted by molar-refractivity contribution is 5.85. The van der Waals surface area contributed by atoms with Gasteiger partial charge in [-0.15, -0.1) is 12.4 Å². The van der Waals surface area contributed by atoms with Crippen molar-refractivity contribution < 1.29 is 5.11 Å². The van der Waals surface area contributed by atoms with Crippen molar-refractivity contribution >= 4 is 12.4 Å². The lowest BCUT2D eigenvalue weighted by Crippen LogP contribution is -2.18. The van der Waals surface area contributed by atoms with Gasteiger partial charge in [-0.1, -0.05) is 6.92 Å². The lowest BCUT2D eigenvalue weighted by Gasteiger charge is -2.07. The Bertz CT molecular complexity index is 149. The van der Waals surface area contributed by atoms with Gasteiger partial charge >= 0.3 is 0 Å². The van der Waals surface area contributed by atoms with Gasteiger partial charge in [0.15, 0.2) is 0 Å². The predicted octanol–water partition coefficient (Wildman–Crippen LogP) is 0.400. The molecule has 1 saturated heterocycles. The highest BCUT2D eigenvalue weighted by Crippen LogP contribution is 2.65. The van der Waals surface area contributed by atoms with Crippen LogP contribution in [0.3, 0.4) is 0 Å². The van der Waals surface area contributed by atoms with Gasteiger partial charge in [-0.25, -0.2) is 0 Å². The highest BCUT2D eigenvalue weighted by Gasteiger charge is 2.66. The number of nitrogens with one attached hydrogen (secondary N) is 1. The number of halogens is 1. The fourth-order valence-corrected chi connectivity index (χ4v) is 2.11. The van der Waals surface area contributed by atoms with Gasteiger partial charge in [0.25, 0.3) is 0 Å². The Morgan fingerprint density at radius 1 is 1.50 bits per heavy atom. The van der Waals surface area contributed by atoms with Crippen molar-refractivity contribution in [1.29, 1.82) is 0 Å². The Morgan fingerprint density at radius 2 is 2.20 bits per heavy atom. The van der Waals surface area contributed by atoms with E-state index in [0.717, 1.165) is 13.1 Å². The third-order valence-corrected chi connectivity index (χ3v) is 3.17. The van der Waals surface area contributed by atoms with Crippen molar-refractivity contribution in [2.24, 2.45) is 10.8 Å². The van der Waals surface area contributed by atoms with Crippen LogP contribution in [0.25, 0.3) is 0 Å². The molecular formula is C7H14ClNO. The number of aliphatic hydroxyl groups is 1. The van der Waals surface area contributed by atoms with Crippen molar-refractivity contribution in [3.05, 3.63) is 0 Å². The van der Waals surface area contributed by atoms with Gasteiger partial charge in [-0.05, 0) is 11.8 Å². The monoisotopic (exact) mass is 163 g/mol. The maximum atomic E-state index is 8.99. The Morgan fingerprint density at radius 3 is 2.40 bits per heavy atom. The zero-order valence-electron chi connectivity index (χ0n) is 6.18. The molecule has 0 amide bonds. The number of hydrogen-bond acceptors (Lipinski definition) is 2. The smallest absolute Gasteiger partial charge is 0.0505 e. The first-order valence-corrected chi connectivity index (χ1v) is 3.54. The number of fused-ring (bicyclic) bond motifs is 1. The fourth-order valence-electron chi connectivity index (χ4n) is 2.11. The summed E-state index contributed by atoms with van der Waals surface area (Å²) in [6.07, 6.45) is 1.23. The summed E-state index contributed by atoms with van der Waals surface area (Å²) >= 11 is 0. The van der Waals surface area contributed by atoms with Gasteiger partial charge in [-0.2, -0.15) is 0 Å². The van der Waals surface area contributed by atoms with Crippen LogP contribution in [-0.4, -0.2) is 24.8 Å². The first-order chi connectivity index (χ1) is 4.22. The van der Waals surface area contributed by atoms with Crippen molar-refractivity contribution in [2.45, 2.75) is 13.3 Å². The molecule has 0 bridgehead atoms. The molecule has 1 saturated carbocycles. The third-order valence-electron chi connectivity index (χ3n) is 3.17. The molecule has 0 spiro atoms. The number of hydrogen-bond donors (Lipinski definition) is 2. The van der Waals surface area contributed by atoms with E-state index in [4.69, 9.17) is 5.11 Å². The second kappa shape index (κ2) is 2.10. The molecule has 0 radical (unpaired) electrons. The van der Waals surface area contributed by atoms with Crippen LogP contribution in [0, 0.1) is 10.8 Å². The quantitative estimate of drug-likeness (QED) is 0.587. The summed E-state index contributed by atoms with van der Waals surface area (Å²) in [5, 5.41) is 12.3. The number of rotatable bonds is 1. The molecule has 3 heteroatoms. The Hall–Kier alpha value is 0.210. The first kappa shape index (κ1) is 8.31. The molecule has 10 heavy (non-hydrogen) atoms. The molecule has 0 aromatic heterocycles. The second-order valence-electron chi connectivity index (χ2n) is 3.78. The molecule has 1 aliphatic heterocycles. The maximum absolute atomic E-state index is 8.99. The molecule has 0 aromatic carbocycles. The molecule has 0 aromatic rings. The summed E-state index contributed by atoms with van der Waals surface area (Å²) in [4.78, 5) is 0. The van der Waals surface area contributed by atoms with Crippen LogP contribution in [0.1, 0.15) is 13.3 Å². The lowest BCUT2D eigenvalue weighted by atomic mass is 10.00. The first-order valence-electron chi connectivity index (χ1n) is 3.54. The Kier molecular flexibility index (Phi) is 1.74. The normalized spacial score (nSPS) is 49.8. The molecule has 2 nitrogen and oxygen atoms in total. The zero-order valence-corrected chi connectivity index (χ0v) is 7.00. The summed E-state index contributed by atoms with van der Waals surface area (Å²) in [5.41, 5.74) is 0.731. The Labute approximate surface area is 67.4 Å². The molecule has 1 aliphatic carbocycles. The SMILES string of the molecule is C[C@@]12CNC[C@]1(CO)C2.Cl. The summed E-state index contributed by atoms with van der Waals surface area (Å²) in [7, 11) is 0. The van der Waals surface area contributed by atoms with Crippen molar-refractivity contribution in [1.82, 2.24) is 5.32 Å². The van der Waals surface area contributed by atoms with E-state index in [1.807, 2.05) is 0 Å². The van der Waals surface area contributed by atoms with Gasteiger partial charge in [0, 0.05) is 18.5 Å². The van der Waals surface area contributed by atoms with E-state index in [2.05, 4.69) is 12.2 Å². The molecule has 2 fully saturated rings. The molecule has 2 aliphatic rings. The molecule has 2 N–H and O–H groups in total. The maximum Gasteiger partial charge on any atom is 0.0505 e. The predicted molar refractivity (Wildman–Crippen MR) is 42.4 cm³/mol. The molecule has 1 heterocycles. The van der Waals surface area contributed by atoms with Gasteiger partial charge in [0.05, 0.1) is 6.61 Å². The average molecular weight is 164 g/mol. The second-order valence-corrected chi connectivity index (χ2v) is 3.78. The van der Waals surface area contributed by atoms with E-state index >= 15 is 0 Å². The molecule has 60 valence electrons. The highest BCUT2D eigenvalue weighted by atomic mass is 35.5. The molecule has 0 unspecified atom stereocenters. The van der Waals surface area contributed by atoms with Gasteiger partial charge in [0.1, 0.15) is 0 Å². The summed E-state index contributed by atoms with van der Waals surface area (Å²) in [6, 6.07) is 0. The Balaban J connectivity index is 0.000000500. The van der Waals surface area contributed by atoms with Crippen LogP contribution in [0.2, 0.25) is 0 Å². The van der Waals surface area contributed by atoms with Crippen LogP contribution in [0.5, 0.6) is 0 Å². The summed E-state index contributed by atoms with van der Waals surface area (Å²) in [5.74, 6) is 0. The van der Waals surface area contributed by atoms with Crippen LogP contribution in [-0.2, 0) is 0 Å². The van der Waals surface area contributed by atoms with Crippen LogP contribution >= 0.6 is 12.4 Å². The van der Waals surface area contributed by atoms with Gasteiger partial charge < -0.3 is 10.4 Å². The fraction of sp³-hybridized carbons (Fsp3) is 1.00. The van der Waals surface area contributed by atoms with Crippen molar-refractivity contribution in [3.63, 3.8) is 0 Å². The van der Waals surface area contributed by atoms with Crippen LogP contribution in [0.15, 0.2) is 0 Å². The largest absolute Gasteiger partial charge is 0.396 e. The van der Waals surface area contributed by atoms with Gasteiger partial charge in [-0.3, -0.25) is 0 Å². The van der Waals surface area contributed by atoms with E-state index in [1.54, 1.807) is 0 Å². The minimum absolute atomic E-state index is 0. The zero-order chi connectivity index (χ0) is 6.54. The lowest BCUT2D eigenvalue weighted by molar-refractivity contribution is 0.201. The molecular weight excluding hydrogens is 150 g/mol. The third kappa shape index (κ3) is 0.728. The van der Waals surface area contributed by atoms with Gasteiger partial charge in [0.2, 0.25) is 0 Å². The standard InChI is InChI=1S/C7H13NO.ClH/c1-6-2-7(6,5-9)4-8-3-6;/h8-9H,2-5H2,1H3;1H/t6-,7+;/m1./s1. The summed E-state index contributed by atoms with van der Waals surface area (Å²) < 4.78 is 0. The van der Waals surface area contributed by atoms with Crippen molar-refractivity contribution in [2.75, 3.05) is 19.7 Å². The number of aliphatic hydroxyl groups excluding tert-OH is 1. The van der Waals surface area contributed by atoms with Crippen LogP contribution in [0.4, 0.5) is 0 Å². The van der Waals surface area contributed by atoms with E-state index in [-0.39, 0.29) is 17.8 Å². The molecule has 2 rings (SSSR count). The average Bonchev–Trinajstić information content (AvgIpc) is 2.29. The van der Waals surface area contributed by atoms with E-state index in [0.29, 0.717) is 12.0 Å². The van der Waals surface area contributed by atoms with E-state index < -0.39 is 0 Å². The van der Waals surface area contributed by atoms with E-state index in [9.17, 15) is 0 Å². The minimum atomic E-state index is 0. The number of piperidine rings is 1. The molecule has 2 atom stereocenters. The topological polar surface area (TPSA) is 32.3 Å². The van der Waals surface area contributed by atoms with E-state index in [1.165, 1.54) is 6.42 Å². The minimum Gasteiger partial charge on any atom is -0.396 e.